The molecular weight excluding hydrogens is 308 g/mol. The van der Waals surface area contributed by atoms with Crippen LogP contribution in [0.2, 0.25) is 0 Å². The lowest BCUT2D eigenvalue weighted by molar-refractivity contribution is -0.114. The van der Waals surface area contributed by atoms with E-state index >= 15 is 0 Å². The molecule has 0 saturated heterocycles. The molecule has 1 aliphatic rings. The first kappa shape index (κ1) is 10.6. The van der Waals surface area contributed by atoms with Crippen molar-refractivity contribution in [2.45, 2.75) is 0 Å². The minimum Gasteiger partial charge on any atom is -0.269 e. The summed E-state index contributed by atoms with van der Waals surface area (Å²) < 4.78 is 16.0. The van der Waals surface area contributed by atoms with Crippen LogP contribution in [-0.2, 0) is 15.8 Å². The lowest BCUT2D eigenvalue weighted by Gasteiger charge is -2.01. The van der Waals surface area contributed by atoms with E-state index in [0.29, 0.717) is 15.1 Å². The Labute approximate surface area is 106 Å². The Morgan fingerprint density at radius 2 is 2.24 bits per heavy atom. The van der Waals surface area contributed by atoms with Gasteiger partial charge in [-0.2, -0.15) is 5.10 Å². The van der Waals surface area contributed by atoms with E-state index in [0.717, 1.165) is 5.39 Å². The summed E-state index contributed by atoms with van der Waals surface area (Å²) in [4.78, 5) is 15.2. The lowest BCUT2D eigenvalue weighted by Crippen LogP contribution is -2.17. The molecule has 1 aliphatic heterocycles. The largest absolute Gasteiger partial charge is 0.269 e. The number of nitrogens with zero attached hydrogens (tertiary/aromatic N) is 3. The van der Waals surface area contributed by atoms with Gasteiger partial charge in [-0.15, -0.1) is 0 Å². The third-order valence-electron chi connectivity index (χ3n) is 2.27. The molecule has 17 heavy (non-hydrogen) atoms. The zero-order valence-corrected chi connectivity index (χ0v) is 10.7. The molecule has 0 aromatic carbocycles. The van der Waals surface area contributed by atoms with Crippen molar-refractivity contribution < 1.29 is 9.00 Å². The Balaban J connectivity index is 2.22. The molecule has 86 valence electrons. The van der Waals surface area contributed by atoms with E-state index in [4.69, 9.17) is 0 Å². The van der Waals surface area contributed by atoms with Gasteiger partial charge in [0.05, 0.1) is 17.9 Å². The first-order valence-corrected chi connectivity index (χ1v) is 6.53. The number of fused-ring (bicyclic) bond motifs is 1. The maximum absolute atomic E-state index is 11.6. The van der Waals surface area contributed by atoms with Crippen molar-refractivity contribution in [3.8, 4) is 0 Å². The van der Waals surface area contributed by atoms with Gasteiger partial charge in [0.25, 0.3) is 5.91 Å². The fraction of sp³-hybridized carbons (Fsp3) is 0. The number of nitrogens with one attached hydrogen (secondary N) is 1. The summed E-state index contributed by atoms with van der Waals surface area (Å²) in [6.07, 6.45) is 4.50. The monoisotopic (exact) mass is 312 g/mol. The number of carbonyl (C=O) groups is 1. The summed E-state index contributed by atoms with van der Waals surface area (Å²) >= 11 is 3.26. The van der Waals surface area contributed by atoms with Crippen LogP contribution in [0.15, 0.2) is 29.1 Å². The molecule has 2 aromatic rings. The molecule has 1 atom stereocenters. The highest BCUT2D eigenvalue weighted by Crippen LogP contribution is 2.22. The first-order valence-electron chi connectivity index (χ1n) is 4.59. The van der Waals surface area contributed by atoms with Crippen molar-refractivity contribution in [1.29, 1.82) is 0 Å². The van der Waals surface area contributed by atoms with Gasteiger partial charge in [0, 0.05) is 11.5 Å². The number of aromatic nitrogens is 3. The Morgan fingerprint density at radius 3 is 2.94 bits per heavy atom. The summed E-state index contributed by atoms with van der Waals surface area (Å²) in [5.74, 6) is -0.382. The maximum Gasteiger partial charge on any atom is 0.258 e. The highest BCUT2D eigenvalue weighted by molar-refractivity contribution is 9.10. The van der Waals surface area contributed by atoms with Crippen LogP contribution in [0.3, 0.4) is 0 Å². The molecule has 3 heterocycles. The Morgan fingerprint density at radius 1 is 1.41 bits per heavy atom. The predicted octanol–water partition coefficient (Wildman–Crippen LogP) is 0.786. The van der Waals surface area contributed by atoms with Gasteiger partial charge in [-0.1, -0.05) is 0 Å². The zero-order valence-electron chi connectivity index (χ0n) is 8.25. The summed E-state index contributed by atoms with van der Waals surface area (Å²) in [6, 6.07) is 1.80. The predicted molar refractivity (Wildman–Crippen MR) is 65.8 cm³/mol. The first-order chi connectivity index (χ1) is 8.15. The third-order valence-corrected chi connectivity index (χ3v) is 3.76. The fourth-order valence-electron chi connectivity index (χ4n) is 1.55. The maximum atomic E-state index is 11.6. The summed E-state index contributed by atoms with van der Waals surface area (Å²) in [5, 5.41) is 5.27. The minimum atomic E-state index is -1.56. The van der Waals surface area contributed by atoms with Crippen molar-refractivity contribution in [3.05, 3.63) is 29.1 Å². The Bertz CT molecular complexity index is 693. The number of carbonyl (C=O) groups excluding carboxylic acids is 1. The summed E-state index contributed by atoms with van der Waals surface area (Å²) in [5.41, 5.74) is 0.698. The molecule has 0 aliphatic carbocycles. The second kappa shape index (κ2) is 3.74. The lowest BCUT2D eigenvalue weighted by atomic mass is 10.3. The summed E-state index contributed by atoms with van der Waals surface area (Å²) in [6.45, 7) is 0. The van der Waals surface area contributed by atoms with Crippen molar-refractivity contribution in [1.82, 2.24) is 19.5 Å². The molecule has 1 N–H and O–H groups in total. The molecule has 1 unspecified atom stereocenters. The van der Waals surface area contributed by atoms with Crippen LogP contribution in [0, 0.1) is 0 Å². The number of hydrogen-bond acceptors (Lipinski definition) is 4. The van der Waals surface area contributed by atoms with Crippen molar-refractivity contribution in [3.63, 3.8) is 0 Å². The molecule has 0 radical (unpaired) electrons. The molecule has 2 aromatic heterocycles. The van der Waals surface area contributed by atoms with Gasteiger partial charge in [-0.05, 0) is 22.0 Å². The van der Waals surface area contributed by atoms with E-state index in [-0.39, 0.29) is 5.91 Å². The van der Waals surface area contributed by atoms with Gasteiger partial charge in [0.1, 0.15) is 4.60 Å². The van der Waals surface area contributed by atoms with E-state index < -0.39 is 11.0 Å². The zero-order chi connectivity index (χ0) is 12.0. The van der Waals surface area contributed by atoms with Crippen LogP contribution in [0.1, 0.15) is 0 Å². The van der Waals surface area contributed by atoms with Crippen LogP contribution >= 0.6 is 15.9 Å². The molecule has 6 nitrogen and oxygen atoms in total. The molecule has 0 fully saturated rings. The fourth-order valence-corrected chi connectivity index (χ4v) is 2.77. The molecule has 0 bridgehead atoms. The second-order valence-corrected chi connectivity index (χ2v) is 5.31. The van der Waals surface area contributed by atoms with Crippen LogP contribution in [0.25, 0.3) is 15.9 Å². The second-order valence-electron chi connectivity index (χ2n) is 3.34. The Hall–Kier alpha value is -1.54. The SMILES string of the molecule is O=C1C=C(n2ncc3cc(Br)ncc32)S(=O)N1. The van der Waals surface area contributed by atoms with E-state index in [2.05, 4.69) is 30.7 Å². The third kappa shape index (κ3) is 1.69. The normalized spacial score (nSPS) is 19.5. The number of hydrogen-bond donors (Lipinski definition) is 1. The van der Waals surface area contributed by atoms with E-state index in [1.807, 2.05) is 0 Å². The van der Waals surface area contributed by atoms with E-state index in [9.17, 15) is 9.00 Å². The van der Waals surface area contributed by atoms with Gasteiger partial charge in [0.15, 0.2) is 16.0 Å². The average Bonchev–Trinajstić information content (AvgIpc) is 2.81. The topological polar surface area (TPSA) is 76.9 Å². The smallest absolute Gasteiger partial charge is 0.258 e. The number of pyridine rings is 1. The number of rotatable bonds is 1. The van der Waals surface area contributed by atoms with Crippen LogP contribution in [-0.4, -0.2) is 24.9 Å². The molecule has 0 spiro atoms. The van der Waals surface area contributed by atoms with Gasteiger partial charge < -0.3 is 0 Å². The molecule has 1 amide bonds. The van der Waals surface area contributed by atoms with Crippen molar-refractivity contribution in [2.75, 3.05) is 0 Å². The van der Waals surface area contributed by atoms with Gasteiger partial charge in [0.2, 0.25) is 0 Å². The van der Waals surface area contributed by atoms with Gasteiger partial charge in [-0.3, -0.25) is 9.52 Å². The summed E-state index contributed by atoms with van der Waals surface area (Å²) in [7, 11) is -1.56. The molecule has 3 rings (SSSR count). The van der Waals surface area contributed by atoms with E-state index in [1.54, 1.807) is 18.5 Å². The van der Waals surface area contributed by atoms with Crippen molar-refractivity contribution >= 4 is 48.8 Å². The van der Waals surface area contributed by atoms with Gasteiger partial charge in [-0.25, -0.2) is 13.9 Å². The molecule has 8 heteroatoms. The van der Waals surface area contributed by atoms with Crippen LogP contribution in [0.4, 0.5) is 0 Å². The molecule has 0 saturated carbocycles. The van der Waals surface area contributed by atoms with Crippen molar-refractivity contribution in [2.24, 2.45) is 0 Å². The highest BCUT2D eigenvalue weighted by Gasteiger charge is 2.23. The van der Waals surface area contributed by atoms with E-state index in [1.165, 1.54) is 10.8 Å². The number of amides is 1. The quantitative estimate of drug-likeness (QED) is 0.790. The highest BCUT2D eigenvalue weighted by atomic mass is 79.9. The standard InChI is InChI=1S/C9H5BrN4O2S/c10-7-1-5-3-12-14(6(5)4-11-7)9-2-8(15)13-17(9)16/h1-4H,(H,13,15). The van der Waals surface area contributed by atoms with Crippen LogP contribution in [0.5, 0.6) is 0 Å². The number of halogens is 1. The average molecular weight is 313 g/mol. The minimum absolute atomic E-state index is 0.314. The van der Waals surface area contributed by atoms with Crippen LogP contribution < -0.4 is 4.72 Å². The molecular formula is C9H5BrN4O2S. The Kier molecular flexibility index (Phi) is 2.33. The van der Waals surface area contributed by atoms with Gasteiger partial charge >= 0.3 is 0 Å².